The first kappa shape index (κ1) is 17.5. The van der Waals surface area contributed by atoms with Gasteiger partial charge in [-0.25, -0.2) is 0 Å². The third-order valence-corrected chi connectivity index (χ3v) is 3.89. The predicted octanol–water partition coefficient (Wildman–Crippen LogP) is 3.09. The van der Waals surface area contributed by atoms with E-state index >= 15 is 0 Å². The van der Waals surface area contributed by atoms with Crippen molar-refractivity contribution in [1.82, 2.24) is 0 Å². The fourth-order valence-corrected chi connectivity index (χ4v) is 2.41. The standard InChI is InChI=1S/C17H29N3O/c1-13(2)14(11-12-18)5-10-17(21)19-15-6-8-16(9-7-15)20(3)4/h6-9,13-14H,5,10-12,18H2,1-4H3,(H,19,21). The number of nitrogens with one attached hydrogen (secondary N) is 1. The van der Waals surface area contributed by atoms with Crippen LogP contribution in [0, 0.1) is 11.8 Å². The SMILES string of the molecule is CC(C)C(CCN)CCC(=O)Nc1ccc(N(C)C)cc1. The first-order valence-electron chi connectivity index (χ1n) is 7.71. The second-order valence-electron chi connectivity index (χ2n) is 6.11. The number of nitrogens with two attached hydrogens (primary N) is 1. The molecule has 0 heterocycles. The first-order chi connectivity index (χ1) is 9.93. The third-order valence-electron chi connectivity index (χ3n) is 3.89. The Morgan fingerprint density at radius 2 is 1.81 bits per heavy atom. The largest absolute Gasteiger partial charge is 0.378 e. The molecular formula is C17H29N3O. The molecule has 1 aromatic carbocycles. The average molecular weight is 291 g/mol. The van der Waals surface area contributed by atoms with E-state index in [1.54, 1.807) is 0 Å². The lowest BCUT2D eigenvalue weighted by Crippen LogP contribution is -2.18. The zero-order chi connectivity index (χ0) is 15.8. The predicted molar refractivity (Wildman–Crippen MR) is 90.6 cm³/mol. The summed E-state index contributed by atoms with van der Waals surface area (Å²) in [6.45, 7) is 5.08. The number of amides is 1. The summed E-state index contributed by atoms with van der Waals surface area (Å²) in [7, 11) is 3.99. The summed E-state index contributed by atoms with van der Waals surface area (Å²) in [6.07, 6.45) is 2.44. The smallest absolute Gasteiger partial charge is 0.224 e. The molecule has 21 heavy (non-hydrogen) atoms. The second-order valence-corrected chi connectivity index (χ2v) is 6.11. The third kappa shape index (κ3) is 6.17. The van der Waals surface area contributed by atoms with Crippen molar-refractivity contribution in [3.63, 3.8) is 0 Å². The molecule has 0 saturated carbocycles. The Hall–Kier alpha value is -1.55. The molecule has 0 radical (unpaired) electrons. The zero-order valence-corrected chi connectivity index (χ0v) is 13.7. The molecule has 0 aromatic heterocycles. The Morgan fingerprint density at radius 1 is 1.19 bits per heavy atom. The van der Waals surface area contributed by atoms with Crippen LogP contribution in [0.2, 0.25) is 0 Å². The van der Waals surface area contributed by atoms with E-state index in [-0.39, 0.29) is 5.91 Å². The van der Waals surface area contributed by atoms with Crippen LogP contribution in [0.3, 0.4) is 0 Å². The van der Waals surface area contributed by atoms with E-state index in [2.05, 4.69) is 19.2 Å². The Morgan fingerprint density at radius 3 is 2.29 bits per heavy atom. The molecule has 1 amide bonds. The van der Waals surface area contributed by atoms with Gasteiger partial charge in [-0.1, -0.05) is 13.8 Å². The minimum atomic E-state index is 0.0790. The maximum atomic E-state index is 12.0. The van der Waals surface area contributed by atoms with Gasteiger partial charge >= 0.3 is 0 Å². The molecule has 0 aliphatic heterocycles. The van der Waals surface area contributed by atoms with Crippen molar-refractivity contribution < 1.29 is 4.79 Å². The van der Waals surface area contributed by atoms with Crippen molar-refractivity contribution in [2.24, 2.45) is 17.6 Å². The van der Waals surface area contributed by atoms with Gasteiger partial charge in [0.05, 0.1) is 0 Å². The molecule has 3 N–H and O–H groups in total. The van der Waals surface area contributed by atoms with Crippen LogP contribution in [-0.4, -0.2) is 26.5 Å². The Bertz CT molecular complexity index is 426. The first-order valence-corrected chi connectivity index (χ1v) is 7.71. The fourth-order valence-electron chi connectivity index (χ4n) is 2.41. The molecule has 4 nitrogen and oxygen atoms in total. The molecule has 1 rings (SSSR count). The van der Waals surface area contributed by atoms with Crippen LogP contribution in [0.5, 0.6) is 0 Å². The molecule has 118 valence electrons. The Labute approximate surface area is 128 Å². The van der Waals surface area contributed by atoms with Crippen molar-refractivity contribution in [1.29, 1.82) is 0 Å². The fraction of sp³-hybridized carbons (Fsp3) is 0.588. The van der Waals surface area contributed by atoms with Crippen molar-refractivity contribution in [2.75, 3.05) is 30.9 Å². The van der Waals surface area contributed by atoms with Crippen molar-refractivity contribution in [2.45, 2.75) is 33.1 Å². The van der Waals surface area contributed by atoms with Gasteiger partial charge in [-0.3, -0.25) is 4.79 Å². The van der Waals surface area contributed by atoms with Crippen LogP contribution in [0.15, 0.2) is 24.3 Å². The van der Waals surface area contributed by atoms with Gasteiger partial charge in [-0.2, -0.15) is 0 Å². The maximum absolute atomic E-state index is 12.0. The van der Waals surface area contributed by atoms with Crippen LogP contribution in [0.4, 0.5) is 11.4 Å². The van der Waals surface area contributed by atoms with E-state index in [1.807, 2.05) is 43.3 Å². The number of benzene rings is 1. The van der Waals surface area contributed by atoms with Crippen molar-refractivity contribution in [3.05, 3.63) is 24.3 Å². The molecule has 1 unspecified atom stereocenters. The van der Waals surface area contributed by atoms with Crippen molar-refractivity contribution in [3.8, 4) is 0 Å². The maximum Gasteiger partial charge on any atom is 0.224 e. The molecule has 0 bridgehead atoms. The molecule has 0 spiro atoms. The molecule has 0 aliphatic carbocycles. The van der Waals surface area contributed by atoms with Crippen molar-refractivity contribution >= 4 is 17.3 Å². The normalized spacial score (nSPS) is 12.3. The van der Waals surface area contributed by atoms with Gasteiger partial charge in [0, 0.05) is 31.9 Å². The molecule has 4 heteroatoms. The van der Waals surface area contributed by atoms with E-state index in [1.165, 1.54) is 0 Å². The van der Waals surface area contributed by atoms with Gasteiger partial charge in [0.25, 0.3) is 0 Å². The molecule has 0 saturated heterocycles. The zero-order valence-electron chi connectivity index (χ0n) is 13.7. The summed E-state index contributed by atoms with van der Waals surface area (Å²) in [5.74, 6) is 1.17. The summed E-state index contributed by atoms with van der Waals surface area (Å²) >= 11 is 0. The molecule has 0 aliphatic rings. The van der Waals surface area contributed by atoms with E-state index in [9.17, 15) is 4.79 Å². The van der Waals surface area contributed by atoms with E-state index in [4.69, 9.17) is 5.73 Å². The van der Waals surface area contributed by atoms with Gasteiger partial charge in [0.15, 0.2) is 0 Å². The quantitative estimate of drug-likeness (QED) is 0.774. The van der Waals surface area contributed by atoms with Gasteiger partial charge < -0.3 is 16.0 Å². The molecular weight excluding hydrogens is 262 g/mol. The number of carbonyl (C=O) groups is 1. The monoisotopic (exact) mass is 291 g/mol. The highest BCUT2D eigenvalue weighted by Gasteiger charge is 2.14. The van der Waals surface area contributed by atoms with E-state index in [0.717, 1.165) is 24.2 Å². The molecule has 0 fully saturated rings. The summed E-state index contributed by atoms with van der Waals surface area (Å²) in [5, 5.41) is 2.96. The summed E-state index contributed by atoms with van der Waals surface area (Å²) in [5.41, 5.74) is 7.60. The topological polar surface area (TPSA) is 58.4 Å². The lowest BCUT2D eigenvalue weighted by atomic mass is 9.88. The Kier molecular flexibility index (Phi) is 7.23. The number of hydrogen-bond donors (Lipinski definition) is 2. The minimum absolute atomic E-state index is 0.0790. The Balaban J connectivity index is 2.46. The van der Waals surface area contributed by atoms with Crippen LogP contribution in [0.25, 0.3) is 0 Å². The highest BCUT2D eigenvalue weighted by Crippen LogP contribution is 2.21. The van der Waals surface area contributed by atoms with Gasteiger partial charge in [-0.05, 0) is 55.5 Å². The number of rotatable bonds is 8. The van der Waals surface area contributed by atoms with E-state index < -0.39 is 0 Å². The van der Waals surface area contributed by atoms with Crippen LogP contribution in [-0.2, 0) is 4.79 Å². The summed E-state index contributed by atoms with van der Waals surface area (Å²) in [4.78, 5) is 14.0. The van der Waals surface area contributed by atoms with Crippen LogP contribution < -0.4 is 16.0 Å². The van der Waals surface area contributed by atoms with Gasteiger partial charge in [0.1, 0.15) is 0 Å². The molecule has 1 aromatic rings. The van der Waals surface area contributed by atoms with Crippen LogP contribution >= 0.6 is 0 Å². The minimum Gasteiger partial charge on any atom is -0.378 e. The lowest BCUT2D eigenvalue weighted by Gasteiger charge is -2.19. The van der Waals surface area contributed by atoms with Gasteiger partial charge in [-0.15, -0.1) is 0 Å². The number of nitrogens with zero attached hydrogens (tertiary/aromatic N) is 1. The number of anilines is 2. The van der Waals surface area contributed by atoms with Gasteiger partial charge in [0.2, 0.25) is 5.91 Å². The second kappa shape index (κ2) is 8.67. The summed E-state index contributed by atoms with van der Waals surface area (Å²) in [6, 6.07) is 7.88. The summed E-state index contributed by atoms with van der Waals surface area (Å²) < 4.78 is 0. The number of carbonyl (C=O) groups excluding carboxylic acids is 1. The molecule has 1 atom stereocenters. The van der Waals surface area contributed by atoms with E-state index in [0.29, 0.717) is 24.8 Å². The van der Waals surface area contributed by atoms with Crippen LogP contribution in [0.1, 0.15) is 33.1 Å². The highest BCUT2D eigenvalue weighted by atomic mass is 16.1. The highest BCUT2D eigenvalue weighted by molar-refractivity contribution is 5.90. The average Bonchev–Trinajstić information content (AvgIpc) is 2.43. The lowest BCUT2D eigenvalue weighted by molar-refractivity contribution is -0.116. The number of hydrogen-bond acceptors (Lipinski definition) is 3.